The molecule has 1 amide bonds. The summed E-state index contributed by atoms with van der Waals surface area (Å²) in [5, 5.41) is 8.28. The number of carbonyl (C=O) groups is 1. The Hall–Kier alpha value is -2.17. The van der Waals surface area contributed by atoms with Gasteiger partial charge in [0.15, 0.2) is 0 Å². The number of nitrogens with zero attached hydrogens (tertiary/aromatic N) is 4. The van der Waals surface area contributed by atoms with Gasteiger partial charge in [-0.2, -0.15) is 0 Å². The zero-order chi connectivity index (χ0) is 15.5. The summed E-state index contributed by atoms with van der Waals surface area (Å²) in [5.74, 6) is 1.61. The predicted octanol–water partition coefficient (Wildman–Crippen LogP) is 2.63. The van der Waals surface area contributed by atoms with Crippen molar-refractivity contribution in [3.05, 3.63) is 47.5 Å². The van der Waals surface area contributed by atoms with Gasteiger partial charge in [-0.15, -0.1) is 10.2 Å². The van der Waals surface area contributed by atoms with Gasteiger partial charge < -0.3 is 9.47 Å². The lowest BCUT2D eigenvalue weighted by Gasteiger charge is -2.32. The van der Waals surface area contributed by atoms with E-state index in [0.717, 1.165) is 49.4 Å². The normalized spacial score (nSPS) is 16.0. The van der Waals surface area contributed by atoms with E-state index in [-0.39, 0.29) is 5.91 Å². The largest absolute Gasteiger partial charge is 0.339 e. The average Bonchev–Trinajstić information content (AvgIpc) is 3.03. The van der Waals surface area contributed by atoms with Crippen LogP contribution in [0.1, 0.15) is 47.4 Å². The van der Waals surface area contributed by atoms with Crippen LogP contribution in [0.2, 0.25) is 0 Å². The van der Waals surface area contributed by atoms with Gasteiger partial charge in [0.25, 0.3) is 5.91 Å². The smallest absolute Gasteiger partial charge is 0.254 e. The van der Waals surface area contributed by atoms with Gasteiger partial charge in [-0.3, -0.25) is 4.79 Å². The molecular weight excluding hydrogens is 276 g/mol. The Morgan fingerprint density at radius 1 is 1.27 bits per heavy atom. The number of aryl methyl sites for hydroxylation is 2. The highest BCUT2D eigenvalue weighted by molar-refractivity contribution is 5.95. The van der Waals surface area contributed by atoms with Crippen molar-refractivity contribution in [1.82, 2.24) is 19.7 Å². The molecule has 5 nitrogen and oxygen atoms in total. The van der Waals surface area contributed by atoms with Crippen LogP contribution in [0.3, 0.4) is 0 Å². The number of carbonyl (C=O) groups excluding carboxylic acids is 1. The first-order valence-corrected chi connectivity index (χ1v) is 7.93. The molecule has 1 aliphatic rings. The number of piperidine rings is 1. The molecule has 0 atom stereocenters. The standard InChI is InChI=1S/C17H22N4O/c1-3-20-12-18-19-16(20)14-8-10-21(11-9-14)17(22)15-7-5-4-6-13(15)2/h4-7,12,14H,3,8-11H2,1-2H3. The summed E-state index contributed by atoms with van der Waals surface area (Å²) in [6, 6.07) is 7.80. The summed E-state index contributed by atoms with van der Waals surface area (Å²) in [4.78, 5) is 14.6. The molecule has 3 rings (SSSR count). The number of likely N-dealkylation sites (tertiary alicyclic amines) is 1. The van der Waals surface area contributed by atoms with Crippen molar-refractivity contribution in [3.63, 3.8) is 0 Å². The molecule has 5 heteroatoms. The molecule has 0 saturated carbocycles. The molecule has 0 N–H and O–H groups in total. The third-order valence-corrected chi connectivity index (χ3v) is 4.51. The first-order valence-electron chi connectivity index (χ1n) is 7.93. The SMILES string of the molecule is CCn1cnnc1C1CCN(C(=O)c2ccccc2C)CC1. The maximum Gasteiger partial charge on any atom is 0.254 e. The number of aromatic nitrogens is 3. The zero-order valence-corrected chi connectivity index (χ0v) is 13.2. The van der Waals surface area contributed by atoms with Crippen molar-refractivity contribution in [3.8, 4) is 0 Å². The summed E-state index contributed by atoms with van der Waals surface area (Å²) in [5.41, 5.74) is 1.86. The van der Waals surface area contributed by atoms with Crippen LogP contribution in [-0.2, 0) is 6.54 Å². The maximum absolute atomic E-state index is 12.6. The first-order chi connectivity index (χ1) is 10.7. The predicted molar refractivity (Wildman–Crippen MR) is 84.8 cm³/mol. The highest BCUT2D eigenvalue weighted by Crippen LogP contribution is 2.27. The molecular formula is C17H22N4O. The Bertz CT molecular complexity index is 656. The fourth-order valence-corrected chi connectivity index (χ4v) is 3.15. The average molecular weight is 298 g/mol. The minimum Gasteiger partial charge on any atom is -0.339 e. The molecule has 2 heterocycles. The molecule has 1 aliphatic heterocycles. The van der Waals surface area contributed by atoms with Crippen LogP contribution >= 0.6 is 0 Å². The molecule has 0 bridgehead atoms. The van der Waals surface area contributed by atoms with Crippen molar-refractivity contribution >= 4 is 5.91 Å². The number of amides is 1. The van der Waals surface area contributed by atoms with E-state index >= 15 is 0 Å². The molecule has 0 radical (unpaired) electrons. The van der Waals surface area contributed by atoms with Gasteiger partial charge in [-0.05, 0) is 38.3 Å². The van der Waals surface area contributed by atoms with E-state index in [4.69, 9.17) is 0 Å². The van der Waals surface area contributed by atoms with Gasteiger partial charge in [0.2, 0.25) is 0 Å². The lowest BCUT2D eigenvalue weighted by molar-refractivity contribution is 0.0709. The maximum atomic E-state index is 12.6. The van der Waals surface area contributed by atoms with Gasteiger partial charge in [-0.25, -0.2) is 0 Å². The Labute approximate surface area is 131 Å². The van der Waals surface area contributed by atoms with Crippen molar-refractivity contribution in [1.29, 1.82) is 0 Å². The molecule has 0 unspecified atom stereocenters. The minimum absolute atomic E-state index is 0.147. The van der Waals surface area contributed by atoms with Crippen molar-refractivity contribution in [2.75, 3.05) is 13.1 Å². The van der Waals surface area contributed by atoms with Gasteiger partial charge in [0.05, 0.1) is 0 Å². The fourth-order valence-electron chi connectivity index (χ4n) is 3.15. The van der Waals surface area contributed by atoms with Gasteiger partial charge >= 0.3 is 0 Å². The Morgan fingerprint density at radius 3 is 2.68 bits per heavy atom. The Morgan fingerprint density at radius 2 is 2.00 bits per heavy atom. The highest BCUT2D eigenvalue weighted by Gasteiger charge is 2.27. The van der Waals surface area contributed by atoms with Crippen LogP contribution in [-0.4, -0.2) is 38.7 Å². The molecule has 22 heavy (non-hydrogen) atoms. The molecule has 1 saturated heterocycles. The van der Waals surface area contributed by atoms with Crippen LogP contribution in [0.4, 0.5) is 0 Å². The molecule has 0 aliphatic carbocycles. The van der Waals surface area contributed by atoms with Gasteiger partial charge in [-0.1, -0.05) is 18.2 Å². The Kier molecular flexibility index (Phi) is 4.22. The van der Waals surface area contributed by atoms with Crippen LogP contribution in [0.25, 0.3) is 0 Å². The van der Waals surface area contributed by atoms with E-state index in [1.54, 1.807) is 6.33 Å². The lowest BCUT2D eigenvalue weighted by atomic mass is 9.95. The van der Waals surface area contributed by atoms with Crippen molar-refractivity contribution in [2.24, 2.45) is 0 Å². The molecule has 1 aromatic heterocycles. The quantitative estimate of drug-likeness (QED) is 0.875. The number of benzene rings is 1. The van der Waals surface area contributed by atoms with Crippen molar-refractivity contribution in [2.45, 2.75) is 39.2 Å². The third-order valence-electron chi connectivity index (χ3n) is 4.51. The van der Waals surface area contributed by atoms with E-state index in [1.807, 2.05) is 36.1 Å². The minimum atomic E-state index is 0.147. The summed E-state index contributed by atoms with van der Waals surface area (Å²) >= 11 is 0. The molecule has 1 fully saturated rings. The second-order valence-corrected chi connectivity index (χ2v) is 5.86. The van der Waals surface area contributed by atoms with Gasteiger partial charge in [0.1, 0.15) is 12.2 Å². The topological polar surface area (TPSA) is 51.0 Å². The second-order valence-electron chi connectivity index (χ2n) is 5.86. The zero-order valence-electron chi connectivity index (χ0n) is 13.2. The summed E-state index contributed by atoms with van der Waals surface area (Å²) in [6.45, 7) is 6.56. The highest BCUT2D eigenvalue weighted by atomic mass is 16.2. The summed E-state index contributed by atoms with van der Waals surface area (Å²) < 4.78 is 2.10. The summed E-state index contributed by atoms with van der Waals surface area (Å²) in [6.07, 6.45) is 3.70. The van der Waals surface area contributed by atoms with E-state index in [0.29, 0.717) is 5.92 Å². The van der Waals surface area contributed by atoms with Crippen LogP contribution in [0, 0.1) is 6.92 Å². The van der Waals surface area contributed by atoms with Crippen molar-refractivity contribution < 1.29 is 4.79 Å². The second kappa shape index (κ2) is 6.30. The summed E-state index contributed by atoms with van der Waals surface area (Å²) in [7, 11) is 0. The van der Waals surface area contributed by atoms with E-state index < -0.39 is 0 Å². The van der Waals surface area contributed by atoms with E-state index in [9.17, 15) is 4.79 Å². The number of hydrogen-bond acceptors (Lipinski definition) is 3. The van der Waals surface area contributed by atoms with E-state index in [1.165, 1.54) is 0 Å². The van der Waals surface area contributed by atoms with Gasteiger partial charge in [0, 0.05) is 31.1 Å². The molecule has 2 aromatic rings. The molecule has 1 aromatic carbocycles. The third kappa shape index (κ3) is 2.75. The Balaban J connectivity index is 1.67. The molecule has 116 valence electrons. The monoisotopic (exact) mass is 298 g/mol. The lowest BCUT2D eigenvalue weighted by Crippen LogP contribution is -2.38. The van der Waals surface area contributed by atoms with E-state index in [2.05, 4.69) is 21.7 Å². The number of hydrogen-bond donors (Lipinski definition) is 0. The van der Waals surface area contributed by atoms with Crippen LogP contribution < -0.4 is 0 Å². The first kappa shape index (κ1) is 14.8. The fraction of sp³-hybridized carbons (Fsp3) is 0.471. The molecule has 0 spiro atoms. The number of rotatable bonds is 3. The van der Waals surface area contributed by atoms with Crippen LogP contribution in [0.5, 0.6) is 0 Å². The van der Waals surface area contributed by atoms with Crippen LogP contribution in [0.15, 0.2) is 30.6 Å².